The summed E-state index contributed by atoms with van der Waals surface area (Å²) in [5.41, 5.74) is 0. The lowest BCUT2D eigenvalue weighted by Gasteiger charge is -1.91. The lowest BCUT2D eigenvalue weighted by molar-refractivity contribution is -0.124. The normalized spacial score (nSPS) is 21.4. The zero-order valence-electron chi connectivity index (χ0n) is 8.25. The topological polar surface area (TPSA) is 66.4 Å². The maximum absolute atomic E-state index is 10.1. The molecule has 2 amide bonds. The van der Waals surface area contributed by atoms with Gasteiger partial charge in [0.2, 0.25) is 0 Å². The van der Waals surface area contributed by atoms with E-state index >= 15 is 0 Å². The summed E-state index contributed by atoms with van der Waals surface area (Å²) in [5, 5.41) is 10.2. The van der Waals surface area contributed by atoms with E-state index in [0.717, 1.165) is 12.0 Å². The number of imide groups is 1. The van der Waals surface area contributed by atoms with Crippen LogP contribution >= 0.6 is 0 Å². The monoisotopic (exact) mass is 197 g/mol. The Morgan fingerprint density at radius 3 is 2.07 bits per heavy atom. The van der Waals surface area contributed by atoms with Crippen LogP contribution < -0.4 is 5.32 Å². The van der Waals surface area contributed by atoms with Crippen molar-refractivity contribution in [2.45, 2.75) is 32.6 Å². The molecular formula is C10H15NO3. The number of carbonyl (C=O) groups is 2. The van der Waals surface area contributed by atoms with Gasteiger partial charge < -0.3 is 5.11 Å². The molecule has 0 aromatic carbocycles. The fraction of sp³-hybridized carbons (Fsp3) is 0.600. The van der Waals surface area contributed by atoms with Gasteiger partial charge in [0.15, 0.2) is 5.76 Å². The van der Waals surface area contributed by atoms with E-state index in [1.165, 1.54) is 25.7 Å². The predicted octanol–water partition coefficient (Wildman–Crippen LogP) is 1.28. The standard InChI is InChI=1S/C6H12.C4H3NO3/c1-6-4-2-3-5-6;6-2-1-3(7)5-4(2)8/h6H,2-5H2,1H3;1H,(H2,5,6,7,8). The maximum atomic E-state index is 10.1. The van der Waals surface area contributed by atoms with Gasteiger partial charge in [0.1, 0.15) is 0 Å². The van der Waals surface area contributed by atoms with Crippen molar-refractivity contribution in [2.24, 2.45) is 5.92 Å². The highest BCUT2D eigenvalue weighted by molar-refractivity contribution is 6.14. The van der Waals surface area contributed by atoms with E-state index in [4.69, 9.17) is 5.11 Å². The first-order chi connectivity index (χ1) is 6.59. The molecule has 2 rings (SSSR count). The molecule has 1 heterocycles. The van der Waals surface area contributed by atoms with Crippen LogP contribution in [-0.2, 0) is 9.59 Å². The van der Waals surface area contributed by atoms with Crippen LogP contribution in [0.1, 0.15) is 32.6 Å². The van der Waals surface area contributed by atoms with Crippen LogP contribution in [0.3, 0.4) is 0 Å². The third-order valence-electron chi connectivity index (χ3n) is 2.38. The summed E-state index contributed by atoms with van der Waals surface area (Å²) in [6, 6.07) is 0. The quantitative estimate of drug-likeness (QED) is 0.575. The molecule has 1 fully saturated rings. The fourth-order valence-corrected chi connectivity index (χ4v) is 1.53. The number of aliphatic hydroxyl groups excluding tert-OH is 1. The molecule has 0 aromatic rings. The predicted molar refractivity (Wildman–Crippen MR) is 51.5 cm³/mol. The van der Waals surface area contributed by atoms with Crippen molar-refractivity contribution in [1.29, 1.82) is 0 Å². The average molecular weight is 197 g/mol. The lowest BCUT2D eigenvalue weighted by Crippen LogP contribution is -2.21. The van der Waals surface area contributed by atoms with Gasteiger partial charge in [-0.25, -0.2) is 0 Å². The highest BCUT2D eigenvalue weighted by atomic mass is 16.3. The van der Waals surface area contributed by atoms with Gasteiger partial charge in [-0.15, -0.1) is 0 Å². The molecule has 0 saturated heterocycles. The Bertz CT molecular complexity index is 265. The summed E-state index contributed by atoms with van der Waals surface area (Å²) in [6.07, 6.45) is 6.78. The van der Waals surface area contributed by atoms with Gasteiger partial charge in [-0.3, -0.25) is 14.9 Å². The molecule has 78 valence electrons. The molecule has 2 aliphatic rings. The van der Waals surface area contributed by atoms with E-state index in [1.807, 2.05) is 5.32 Å². The first-order valence-electron chi connectivity index (χ1n) is 4.85. The molecule has 0 unspecified atom stereocenters. The first-order valence-corrected chi connectivity index (χ1v) is 4.85. The second-order valence-corrected chi connectivity index (χ2v) is 3.74. The molecule has 14 heavy (non-hydrogen) atoms. The summed E-state index contributed by atoms with van der Waals surface area (Å²) in [6.45, 7) is 2.34. The van der Waals surface area contributed by atoms with Gasteiger partial charge in [-0.05, 0) is 5.92 Å². The molecule has 0 spiro atoms. The molecular weight excluding hydrogens is 182 g/mol. The van der Waals surface area contributed by atoms with Crippen molar-refractivity contribution in [1.82, 2.24) is 5.32 Å². The van der Waals surface area contributed by atoms with Crippen LogP contribution in [0.4, 0.5) is 0 Å². The molecule has 1 saturated carbocycles. The molecule has 0 aromatic heterocycles. The number of carbonyl (C=O) groups excluding carboxylic acids is 2. The zero-order valence-corrected chi connectivity index (χ0v) is 8.25. The fourth-order valence-electron chi connectivity index (χ4n) is 1.53. The van der Waals surface area contributed by atoms with Gasteiger partial charge in [0, 0.05) is 0 Å². The highest BCUT2D eigenvalue weighted by Crippen LogP contribution is 2.22. The largest absolute Gasteiger partial charge is 0.503 e. The minimum atomic E-state index is -0.727. The Labute approximate surface area is 83.0 Å². The second-order valence-electron chi connectivity index (χ2n) is 3.74. The van der Waals surface area contributed by atoms with Gasteiger partial charge in [0.05, 0.1) is 6.08 Å². The van der Waals surface area contributed by atoms with Crippen molar-refractivity contribution in [3.63, 3.8) is 0 Å². The van der Waals surface area contributed by atoms with Gasteiger partial charge in [0.25, 0.3) is 11.8 Å². The van der Waals surface area contributed by atoms with E-state index in [1.54, 1.807) is 0 Å². The first kappa shape index (κ1) is 10.8. The van der Waals surface area contributed by atoms with Crippen molar-refractivity contribution < 1.29 is 14.7 Å². The SMILES string of the molecule is CC1CCCC1.O=C1C=C(O)C(=O)N1. The summed E-state index contributed by atoms with van der Waals surface area (Å²) >= 11 is 0. The average Bonchev–Trinajstić information content (AvgIpc) is 2.65. The second kappa shape index (κ2) is 4.79. The van der Waals surface area contributed by atoms with Crippen molar-refractivity contribution in [3.8, 4) is 0 Å². The molecule has 2 N–H and O–H groups in total. The van der Waals surface area contributed by atoms with E-state index in [-0.39, 0.29) is 0 Å². The van der Waals surface area contributed by atoms with E-state index in [9.17, 15) is 9.59 Å². The number of amides is 2. The number of hydrogen-bond donors (Lipinski definition) is 2. The van der Waals surface area contributed by atoms with Crippen LogP contribution in [0.15, 0.2) is 11.8 Å². The van der Waals surface area contributed by atoms with Crippen molar-refractivity contribution in [3.05, 3.63) is 11.8 Å². The third-order valence-corrected chi connectivity index (χ3v) is 2.38. The molecule has 1 aliphatic heterocycles. The van der Waals surface area contributed by atoms with Crippen LogP contribution in [0, 0.1) is 5.92 Å². The lowest BCUT2D eigenvalue weighted by atomic mass is 10.2. The number of hydrogen-bond acceptors (Lipinski definition) is 3. The van der Waals surface area contributed by atoms with Crippen LogP contribution in [0.5, 0.6) is 0 Å². The van der Waals surface area contributed by atoms with Crippen molar-refractivity contribution >= 4 is 11.8 Å². The Morgan fingerprint density at radius 2 is 1.93 bits per heavy atom. The van der Waals surface area contributed by atoms with Crippen molar-refractivity contribution in [2.75, 3.05) is 0 Å². The Morgan fingerprint density at radius 1 is 1.36 bits per heavy atom. The zero-order chi connectivity index (χ0) is 10.6. The smallest absolute Gasteiger partial charge is 0.293 e. The van der Waals surface area contributed by atoms with Crippen LogP contribution in [-0.4, -0.2) is 16.9 Å². The summed E-state index contributed by atoms with van der Waals surface area (Å²) in [5.74, 6) is -0.762. The Hall–Kier alpha value is -1.32. The van der Waals surface area contributed by atoms with Crippen LogP contribution in [0.25, 0.3) is 0 Å². The number of aliphatic hydroxyl groups is 1. The summed E-state index contributed by atoms with van der Waals surface area (Å²) in [4.78, 5) is 20.2. The van der Waals surface area contributed by atoms with Crippen LogP contribution in [0.2, 0.25) is 0 Å². The summed E-state index contributed by atoms with van der Waals surface area (Å²) in [7, 11) is 0. The minimum absolute atomic E-state index is 0.519. The Balaban J connectivity index is 0.000000146. The number of rotatable bonds is 0. The van der Waals surface area contributed by atoms with Gasteiger partial charge >= 0.3 is 0 Å². The van der Waals surface area contributed by atoms with E-state index in [2.05, 4.69) is 6.92 Å². The third kappa shape index (κ3) is 3.20. The highest BCUT2D eigenvalue weighted by Gasteiger charge is 2.18. The molecule has 0 atom stereocenters. The maximum Gasteiger partial charge on any atom is 0.293 e. The minimum Gasteiger partial charge on any atom is -0.503 e. The summed E-state index contributed by atoms with van der Waals surface area (Å²) < 4.78 is 0. The van der Waals surface area contributed by atoms with E-state index < -0.39 is 17.6 Å². The van der Waals surface area contributed by atoms with Gasteiger partial charge in [-0.1, -0.05) is 32.6 Å². The number of nitrogens with one attached hydrogen (secondary N) is 1. The Kier molecular flexibility index (Phi) is 3.68. The molecule has 4 heteroatoms. The van der Waals surface area contributed by atoms with Gasteiger partial charge in [-0.2, -0.15) is 0 Å². The molecule has 0 radical (unpaired) electrons. The molecule has 4 nitrogen and oxygen atoms in total. The molecule has 1 aliphatic carbocycles. The molecule has 0 bridgehead atoms. The van der Waals surface area contributed by atoms with E-state index in [0.29, 0.717) is 0 Å².